The Bertz CT molecular complexity index is 2080. The molecular formula is C41H41BN3O5PS. The number of nitrogens with one attached hydrogen (secondary N) is 1. The minimum absolute atomic E-state index is 0.0614. The van der Waals surface area contributed by atoms with E-state index in [1.165, 1.54) is 46.5 Å². The van der Waals surface area contributed by atoms with Crippen molar-refractivity contribution in [1.82, 2.24) is 10.3 Å². The van der Waals surface area contributed by atoms with Crippen LogP contribution in [0.1, 0.15) is 30.7 Å². The fraction of sp³-hybridized carbons (Fsp3) is 0.195. The minimum atomic E-state index is -2.76. The first-order valence-corrected chi connectivity index (χ1v) is 21.0. The quantitative estimate of drug-likeness (QED) is 0.0640. The van der Waals surface area contributed by atoms with E-state index in [2.05, 4.69) is 115 Å². The maximum absolute atomic E-state index is 12.7. The number of phenolic OH excluding ortho intramolecular Hbond substituents is 1. The Morgan fingerprint density at radius 3 is 2.02 bits per heavy atom. The van der Waals surface area contributed by atoms with E-state index in [1.807, 2.05) is 0 Å². The number of carbonyl (C=O) groups excluding carboxylic acids is 1. The average molecular weight is 730 g/mol. The third-order valence-corrected chi connectivity index (χ3v) is 17.1. The number of thiazole rings is 1. The SMILES string of the molecule is BP(CCCCCCNC(=O)COc1cc(Oc2ccc3nc(C#N)sc3c2)cc(OC)c1O)(c1ccccc1)(c1ccccc1)c1ccccc1. The first kappa shape index (κ1) is 36.4. The predicted octanol–water partition coefficient (Wildman–Crippen LogP) is 6.81. The number of hydrogen-bond acceptors (Lipinski definition) is 8. The molecule has 0 radical (unpaired) electrons. The van der Waals surface area contributed by atoms with Gasteiger partial charge in [0, 0.05) is 12.1 Å². The molecule has 52 heavy (non-hydrogen) atoms. The number of unbranched alkanes of at least 4 members (excludes halogenated alkanes) is 3. The summed E-state index contributed by atoms with van der Waals surface area (Å²) in [5.74, 6) is 0.553. The van der Waals surface area contributed by atoms with Gasteiger partial charge in [0.05, 0.1) is 17.3 Å². The third-order valence-electron chi connectivity index (χ3n) is 9.61. The first-order valence-electron chi connectivity index (χ1n) is 17.3. The topological polar surface area (TPSA) is 114 Å². The van der Waals surface area contributed by atoms with Crippen molar-refractivity contribution in [3.63, 3.8) is 0 Å². The number of rotatable bonds is 16. The second-order valence-corrected chi connectivity index (χ2v) is 19.5. The molecule has 0 aliphatic heterocycles. The van der Waals surface area contributed by atoms with Crippen LogP contribution >= 0.6 is 17.8 Å². The number of phenols is 1. The maximum atomic E-state index is 12.7. The summed E-state index contributed by atoms with van der Waals surface area (Å²) in [6.07, 6.45) is 4.98. The molecule has 0 aliphatic carbocycles. The summed E-state index contributed by atoms with van der Waals surface area (Å²) in [5.41, 5.74) is 0.708. The van der Waals surface area contributed by atoms with E-state index in [1.54, 1.807) is 18.2 Å². The number of aromatic nitrogens is 1. The monoisotopic (exact) mass is 729 g/mol. The van der Waals surface area contributed by atoms with Gasteiger partial charge in [-0.15, -0.1) is 11.3 Å². The van der Waals surface area contributed by atoms with Gasteiger partial charge < -0.3 is 14.6 Å². The standard InChI is InChI=1S/C41H41BN3O5PS/c1-48-36-25-31(50-30-21-22-35-38(27-30)52-40(28-43)45-35)26-37(41(36)47)49-29-39(46)44-23-13-2-3-14-24-51(42,32-15-7-4-8-16-32,33-17-9-5-10-18-33)34-19-11-6-12-20-34/h4-12,15-22,25-27,47H,2-3,13-14,23-24,29,42H2,1H3,(H,44,46). The molecule has 264 valence electrons. The van der Waals surface area contributed by atoms with Crippen molar-refractivity contribution in [2.75, 3.05) is 26.4 Å². The number of nitrogens with zero attached hydrogens (tertiary/aromatic N) is 2. The molecule has 1 amide bonds. The molecule has 6 rings (SSSR count). The number of ether oxygens (including phenoxy) is 3. The first-order chi connectivity index (χ1) is 25.3. The molecular weight excluding hydrogens is 688 g/mol. The molecule has 0 fully saturated rings. The number of amides is 1. The third kappa shape index (κ3) is 7.77. The van der Waals surface area contributed by atoms with Crippen LogP contribution in [0, 0.1) is 11.3 Å². The van der Waals surface area contributed by atoms with Gasteiger partial charge >= 0.3 is 204 Å². The molecule has 0 saturated carbocycles. The van der Waals surface area contributed by atoms with Gasteiger partial charge in [-0.1, -0.05) is 0 Å². The van der Waals surface area contributed by atoms with Crippen LogP contribution in [0.25, 0.3) is 10.2 Å². The molecule has 1 heterocycles. The van der Waals surface area contributed by atoms with Crippen LogP contribution in [0.4, 0.5) is 0 Å². The number of carbonyl (C=O) groups is 1. The van der Waals surface area contributed by atoms with Crippen LogP contribution in [0.5, 0.6) is 28.7 Å². The number of benzene rings is 5. The summed E-state index contributed by atoms with van der Waals surface area (Å²) < 4.78 is 17.9. The van der Waals surface area contributed by atoms with Gasteiger partial charge in [0.25, 0.3) is 0 Å². The van der Waals surface area contributed by atoms with Gasteiger partial charge in [-0.2, -0.15) is 5.26 Å². The molecule has 1 aromatic heterocycles. The Balaban J connectivity index is 1.02. The van der Waals surface area contributed by atoms with E-state index < -0.39 is 6.48 Å². The second kappa shape index (κ2) is 16.3. The number of fused-ring (bicyclic) bond motifs is 1. The summed E-state index contributed by atoms with van der Waals surface area (Å²) in [6.45, 7) is -2.51. The Hall–Kier alpha value is -5.36. The zero-order chi connectivity index (χ0) is 36.4. The van der Waals surface area contributed by atoms with Gasteiger partial charge in [-0.3, -0.25) is 0 Å². The normalized spacial score (nSPS) is 12.0. The van der Waals surface area contributed by atoms with Crippen molar-refractivity contribution in [2.24, 2.45) is 0 Å². The van der Waals surface area contributed by atoms with Crippen LogP contribution in [0.15, 0.2) is 121 Å². The summed E-state index contributed by atoms with van der Waals surface area (Å²) in [5, 5.41) is 27.3. The van der Waals surface area contributed by atoms with E-state index in [4.69, 9.17) is 19.5 Å². The molecule has 2 N–H and O–H groups in total. The molecule has 0 aliphatic rings. The van der Waals surface area contributed by atoms with Crippen molar-refractivity contribution < 1.29 is 24.1 Å². The van der Waals surface area contributed by atoms with E-state index in [0.717, 1.165) is 36.5 Å². The second-order valence-electron chi connectivity index (χ2n) is 12.9. The molecule has 5 aromatic carbocycles. The van der Waals surface area contributed by atoms with Gasteiger partial charge in [0.15, 0.2) is 10.8 Å². The molecule has 0 spiro atoms. The van der Waals surface area contributed by atoms with Crippen molar-refractivity contribution >= 4 is 57.4 Å². The molecule has 0 saturated heterocycles. The van der Waals surface area contributed by atoms with Gasteiger partial charge in [0.2, 0.25) is 0 Å². The van der Waals surface area contributed by atoms with Crippen LogP contribution in [-0.4, -0.2) is 50.0 Å². The summed E-state index contributed by atoms with van der Waals surface area (Å²) >= 11 is 1.27. The summed E-state index contributed by atoms with van der Waals surface area (Å²) in [6, 6.07) is 43.4. The van der Waals surface area contributed by atoms with Crippen LogP contribution in [0.3, 0.4) is 0 Å². The number of aromatic hydroxyl groups is 1. The number of hydrogen-bond donors (Lipinski definition) is 2. The Morgan fingerprint density at radius 1 is 0.827 bits per heavy atom. The van der Waals surface area contributed by atoms with Crippen molar-refractivity contribution in [2.45, 2.75) is 25.7 Å². The summed E-state index contributed by atoms with van der Waals surface area (Å²) in [7, 11) is 3.93. The zero-order valence-corrected chi connectivity index (χ0v) is 31.0. The average Bonchev–Trinajstić information content (AvgIpc) is 3.61. The fourth-order valence-electron chi connectivity index (χ4n) is 6.77. The number of methoxy groups -OCH3 is 1. The molecule has 6 aromatic rings. The van der Waals surface area contributed by atoms with Crippen molar-refractivity contribution in [3.8, 4) is 34.8 Å². The van der Waals surface area contributed by atoms with Crippen LogP contribution in [0.2, 0.25) is 0 Å². The van der Waals surface area contributed by atoms with Gasteiger partial charge in [-0.25, -0.2) is 4.98 Å². The van der Waals surface area contributed by atoms with E-state index in [0.29, 0.717) is 28.6 Å². The van der Waals surface area contributed by atoms with Gasteiger partial charge in [-0.05, 0) is 12.1 Å². The Morgan fingerprint density at radius 2 is 1.42 bits per heavy atom. The molecule has 8 nitrogen and oxygen atoms in total. The molecule has 0 atom stereocenters. The molecule has 11 heteroatoms. The Labute approximate surface area is 309 Å². The van der Waals surface area contributed by atoms with E-state index in [9.17, 15) is 9.90 Å². The zero-order valence-electron chi connectivity index (χ0n) is 29.3. The molecule has 0 bridgehead atoms. The van der Waals surface area contributed by atoms with Crippen molar-refractivity contribution in [3.05, 3.63) is 126 Å². The molecule has 0 unspecified atom stereocenters. The predicted molar refractivity (Wildman–Crippen MR) is 215 cm³/mol. The van der Waals surface area contributed by atoms with E-state index in [-0.39, 0.29) is 29.8 Å². The van der Waals surface area contributed by atoms with Gasteiger partial charge in [0.1, 0.15) is 17.6 Å². The van der Waals surface area contributed by atoms with Crippen molar-refractivity contribution in [1.29, 1.82) is 5.26 Å². The summed E-state index contributed by atoms with van der Waals surface area (Å²) in [4.78, 5) is 17.0. The van der Waals surface area contributed by atoms with Crippen LogP contribution < -0.4 is 35.4 Å². The number of nitriles is 1. The Kier molecular flexibility index (Phi) is 11.4. The van der Waals surface area contributed by atoms with E-state index >= 15 is 0 Å². The van der Waals surface area contributed by atoms with Crippen LogP contribution in [-0.2, 0) is 4.79 Å². The fourth-order valence-corrected chi connectivity index (χ4v) is 13.2.